The van der Waals surface area contributed by atoms with Crippen molar-refractivity contribution >= 4 is 12.0 Å². The Kier molecular flexibility index (Phi) is 6.68. The van der Waals surface area contributed by atoms with Crippen LogP contribution in [0.1, 0.15) is 23.1 Å². The van der Waals surface area contributed by atoms with Crippen LogP contribution in [-0.2, 0) is 9.53 Å². The number of rotatable bonds is 7. The number of para-hydroxylation sites is 1. The molecule has 0 aliphatic carbocycles. The van der Waals surface area contributed by atoms with Gasteiger partial charge in [0.15, 0.2) is 0 Å². The summed E-state index contributed by atoms with van der Waals surface area (Å²) < 4.78 is 16.6. The summed E-state index contributed by atoms with van der Waals surface area (Å²) >= 11 is 0. The Labute approximate surface area is 159 Å². The lowest BCUT2D eigenvalue weighted by Gasteiger charge is -2.33. The summed E-state index contributed by atoms with van der Waals surface area (Å²) in [6.07, 6.45) is 3.29. The number of ether oxygens (including phenoxy) is 2. The Bertz CT molecular complexity index is 778. The summed E-state index contributed by atoms with van der Waals surface area (Å²) in [5, 5.41) is 2.99. The zero-order chi connectivity index (χ0) is 19.1. The lowest BCUT2D eigenvalue weighted by atomic mass is 10.1. The van der Waals surface area contributed by atoms with E-state index in [4.69, 9.17) is 13.9 Å². The first-order valence-corrected chi connectivity index (χ1v) is 9.14. The van der Waals surface area contributed by atoms with Gasteiger partial charge in [-0.1, -0.05) is 18.2 Å². The summed E-state index contributed by atoms with van der Waals surface area (Å²) in [6, 6.07) is 11.5. The molecule has 0 spiro atoms. The fourth-order valence-electron chi connectivity index (χ4n) is 3.16. The first-order valence-electron chi connectivity index (χ1n) is 9.14. The molecule has 3 rings (SSSR count). The molecule has 1 amide bonds. The first kappa shape index (κ1) is 19.2. The fraction of sp³-hybridized carbons (Fsp3) is 0.381. The van der Waals surface area contributed by atoms with Gasteiger partial charge in [-0.05, 0) is 31.2 Å². The van der Waals surface area contributed by atoms with Crippen molar-refractivity contribution in [3.8, 4) is 5.75 Å². The van der Waals surface area contributed by atoms with Crippen LogP contribution in [-0.4, -0.2) is 50.8 Å². The van der Waals surface area contributed by atoms with E-state index in [-0.39, 0.29) is 11.9 Å². The van der Waals surface area contributed by atoms with E-state index in [1.165, 1.54) is 6.08 Å². The molecule has 144 valence electrons. The van der Waals surface area contributed by atoms with E-state index >= 15 is 0 Å². The van der Waals surface area contributed by atoms with Crippen molar-refractivity contribution in [2.75, 3.05) is 40.0 Å². The maximum Gasteiger partial charge on any atom is 0.244 e. The first-order chi connectivity index (χ1) is 13.2. The molecule has 27 heavy (non-hydrogen) atoms. The number of nitrogens with one attached hydrogen (secondary N) is 1. The van der Waals surface area contributed by atoms with E-state index in [0.29, 0.717) is 19.8 Å². The monoisotopic (exact) mass is 370 g/mol. The quantitative estimate of drug-likeness (QED) is 0.760. The van der Waals surface area contributed by atoms with Gasteiger partial charge in [0, 0.05) is 31.3 Å². The van der Waals surface area contributed by atoms with Gasteiger partial charge in [-0.25, -0.2) is 0 Å². The van der Waals surface area contributed by atoms with Crippen LogP contribution in [0.2, 0.25) is 0 Å². The lowest BCUT2D eigenvalue weighted by molar-refractivity contribution is -0.116. The number of hydrogen-bond acceptors (Lipinski definition) is 5. The lowest BCUT2D eigenvalue weighted by Crippen LogP contribution is -2.43. The van der Waals surface area contributed by atoms with Crippen LogP contribution in [0.25, 0.3) is 6.08 Å². The number of furan rings is 1. The second kappa shape index (κ2) is 9.39. The zero-order valence-corrected chi connectivity index (χ0v) is 15.8. The summed E-state index contributed by atoms with van der Waals surface area (Å²) in [5.41, 5.74) is 0.863. The number of benzene rings is 1. The highest BCUT2D eigenvalue weighted by molar-refractivity contribution is 5.92. The number of aryl methyl sites for hydroxylation is 1. The minimum atomic E-state index is -0.151. The number of amides is 1. The fourth-order valence-corrected chi connectivity index (χ4v) is 3.16. The number of nitrogens with zero attached hydrogens (tertiary/aromatic N) is 1. The van der Waals surface area contributed by atoms with Gasteiger partial charge in [-0.15, -0.1) is 0 Å². The number of carbonyl (C=O) groups is 1. The predicted molar refractivity (Wildman–Crippen MR) is 104 cm³/mol. The Morgan fingerprint density at radius 3 is 2.74 bits per heavy atom. The molecule has 0 bridgehead atoms. The highest BCUT2D eigenvalue weighted by atomic mass is 16.5. The molecular formula is C21H26N2O4. The number of methoxy groups -OCH3 is 1. The van der Waals surface area contributed by atoms with Crippen LogP contribution in [0.3, 0.4) is 0 Å². The van der Waals surface area contributed by atoms with Crippen LogP contribution in [0.15, 0.2) is 46.9 Å². The van der Waals surface area contributed by atoms with Crippen molar-refractivity contribution in [3.63, 3.8) is 0 Å². The minimum Gasteiger partial charge on any atom is -0.496 e. The van der Waals surface area contributed by atoms with Gasteiger partial charge in [0.05, 0.1) is 26.4 Å². The van der Waals surface area contributed by atoms with Crippen LogP contribution < -0.4 is 10.1 Å². The maximum absolute atomic E-state index is 12.3. The van der Waals surface area contributed by atoms with Gasteiger partial charge in [-0.3, -0.25) is 9.69 Å². The average Bonchev–Trinajstić information content (AvgIpc) is 3.13. The van der Waals surface area contributed by atoms with E-state index in [0.717, 1.165) is 35.9 Å². The molecule has 0 radical (unpaired) electrons. The topological polar surface area (TPSA) is 63.9 Å². The maximum atomic E-state index is 12.3. The summed E-state index contributed by atoms with van der Waals surface area (Å²) in [6.45, 7) is 5.42. The summed E-state index contributed by atoms with van der Waals surface area (Å²) in [5.74, 6) is 2.32. The Morgan fingerprint density at radius 2 is 2.04 bits per heavy atom. The van der Waals surface area contributed by atoms with Gasteiger partial charge < -0.3 is 19.2 Å². The molecule has 1 saturated heterocycles. The van der Waals surface area contributed by atoms with E-state index in [9.17, 15) is 4.79 Å². The molecule has 1 unspecified atom stereocenters. The SMILES string of the molecule is COc1ccccc1/C=C/C(=O)NCC(c1ccc(C)o1)N1CCOCC1. The Morgan fingerprint density at radius 1 is 1.26 bits per heavy atom. The molecule has 1 N–H and O–H groups in total. The normalized spacial score (nSPS) is 16.4. The van der Waals surface area contributed by atoms with Crippen molar-refractivity contribution in [1.29, 1.82) is 0 Å². The highest BCUT2D eigenvalue weighted by Crippen LogP contribution is 2.23. The van der Waals surface area contributed by atoms with E-state index in [2.05, 4.69) is 10.2 Å². The van der Waals surface area contributed by atoms with Gasteiger partial charge in [0.2, 0.25) is 5.91 Å². The third kappa shape index (κ3) is 5.21. The second-order valence-corrected chi connectivity index (χ2v) is 6.43. The zero-order valence-electron chi connectivity index (χ0n) is 15.8. The molecule has 2 heterocycles. The van der Waals surface area contributed by atoms with E-state index in [1.54, 1.807) is 13.2 Å². The molecule has 1 aliphatic rings. The van der Waals surface area contributed by atoms with Crippen LogP contribution in [0.4, 0.5) is 0 Å². The van der Waals surface area contributed by atoms with Crippen LogP contribution >= 0.6 is 0 Å². The van der Waals surface area contributed by atoms with E-state index < -0.39 is 0 Å². The third-order valence-corrected chi connectivity index (χ3v) is 4.60. The molecule has 6 heteroatoms. The van der Waals surface area contributed by atoms with Crippen molar-refractivity contribution in [2.24, 2.45) is 0 Å². The molecule has 1 aromatic carbocycles. The standard InChI is InChI=1S/C21H26N2O4/c1-16-7-9-20(27-16)18(23-11-13-26-14-12-23)15-22-21(24)10-8-17-5-3-4-6-19(17)25-2/h3-10,18H,11-15H2,1-2H3,(H,22,24)/b10-8+. The van der Waals surface area contributed by atoms with Gasteiger partial charge in [0.25, 0.3) is 0 Å². The smallest absolute Gasteiger partial charge is 0.244 e. The third-order valence-electron chi connectivity index (χ3n) is 4.60. The van der Waals surface area contributed by atoms with Gasteiger partial charge in [-0.2, -0.15) is 0 Å². The number of morpholine rings is 1. The molecule has 2 aromatic rings. The van der Waals surface area contributed by atoms with Crippen molar-refractivity contribution in [2.45, 2.75) is 13.0 Å². The number of carbonyl (C=O) groups excluding carboxylic acids is 1. The Balaban J connectivity index is 1.64. The summed E-state index contributed by atoms with van der Waals surface area (Å²) in [4.78, 5) is 14.6. The van der Waals surface area contributed by atoms with Gasteiger partial charge in [0.1, 0.15) is 17.3 Å². The van der Waals surface area contributed by atoms with Crippen LogP contribution in [0.5, 0.6) is 5.75 Å². The van der Waals surface area contributed by atoms with E-state index in [1.807, 2.05) is 43.3 Å². The molecule has 1 fully saturated rings. The molecule has 1 atom stereocenters. The minimum absolute atomic E-state index is 0.00814. The van der Waals surface area contributed by atoms with Crippen molar-refractivity contribution in [3.05, 3.63) is 59.6 Å². The molecule has 6 nitrogen and oxygen atoms in total. The highest BCUT2D eigenvalue weighted by Gasteiger charge is 2.25. The molecular weight excluding hydrogens is 344 g/mol. The van der Waals surface area contributed by atoms with Crippen molar-refractivity contribution in [1.82, 2.24) is 10.2 Å². The van der Waals surface area contributed by atoms with Gasteiger partial charge >= 0.3 is 0 Å². The number of hydrogen-bond donors (Lipinski definition) is 1. The van der Waals surface area contributed by atoms with Crippen molar-refractivity contribution < 1.29 is 18.7 Å². The molecule has 1 aromatic heterocycles. The predicted octanol–water partition coefficient (Wildman–Crippen LogP) is 2.80. The summed E-state index contributed by atoms with van der Waals surface area (Å²) in [7, 11) is 1.62. The molecule has 1 aliphatic heterocycles. The second-order valence-electron chi connectivity index (χ2n) is 6.43. The largest absolute Gasteiger partial charge is 0.496 e. The average molecular weight is 370 g/mol. The molecule has 0 saturated carbocycles. The van der Waals surface area contributed by atoms with Crippen LogP contribution in [0, 0.1) is 6.92 Å². The Hall–Kier alpha value is -2.57.